The summed E-state index contributed by atoms with van der Waals surface area (Å²) in [5, 5.41) is 0. The second-order valence-corrected chi connectivity index (χ2v) is 24.1. The van der Waals surface area contributed by atoms with Crippen molar-refractivity contribution in [2.24, 2.45) is 0 Å². The van der Waals surface area contributed by atoms with Crippen LogP contribution in [-0.2, 0) is 28.6 Å². The standard InChI is InChI=1S/C74H136O6/c1-4-7-10-13-16-19-22-25-28-30-32-33-34-35-36-37-38-39-40-42-43-46-49-52-55-58-61-64-67-73(76)79-70-71(69-78-72(75)66-63-60-57-54-51-48-45-27-24-21-18-15-12-9-6-3)80-74(77)68-65-62-59-56-53-50-47-44-41-31-29-26-23-20-17-14-11-8-5-2/h9,12,18,21,27,45,51,54,71H,4-8,10-11,13-17,19-20,22-26,28-44,46-50,52-53,55-70H2,1-3H3/b12-9-,21-18-,45-27-,54-51-. The zero-order chi connectivity index (χ0) is 57.8. The molecule has 0 N–H and O–H groups in total. The van der Waals surface area contributed by atoms with E-state index in [2.05, 4.69) is 69.4 Å². The van der Waals surface area contributed by atoms with Crippen molar-refractivity contribution in [2.75, 3.05) is 13.2 Å². The Morgan fingerprint density at radius 1 is 0.263 bits per heavy atom. The molecule has 1 unspecified atom stereocenters. The fraction of sp³-hybridized carbons (Fsp3) is 0.851. The number of unbranched alkanes of at least 4 members (excludes halogenated alkanes) is 47. The molecular weight excluding hydrogens is 985 g/mol. The van der Waals surface area contributed by atoms with Crippen LogP contribution in [0.5, 0.6) is 0 Å². The maximum atomic E-state index is 12.9. The molecule has 0 aliphatic rings. The summed E-state index contributed by atoms with van der Waals surface area (Å²) in [6.45, 7) is 6.57. The van der Waals surface area contributed by atoms with E-state index in [4.69, 9.17) is 14.2 Å². The minimum absolute atomic E-state index is 0.0809. The highest BCUT2D eigenvalue weighted by Crippen LogP contribution is 2.19. The number of esters is 3. The van der Waals surface area contributed by atoms with Gasteiger partial charge in [0.15, 0.2) is 6.10 Å². The highest BCUT2D eigenvalue weighted by atomic mass is 16.6. The molecule has 0 aliphatic heterocycles. The van der Waals surface area contributed by atoms with E-state index in [1.165, 1.54) is 263 Å². The molecule has 0 bridgehead atoms. The van der Waals surface area contributed by atoms with Gasteiger partial charge < -0.3 is 14.2 Å². The molecule has 0 aromatic carbocycles. The van der Waals surface area contributed by atoms with Crippen LogP contribution in [0, 0.1) is 0 Å². The molecule has 6 heteroatoms. The summed E-state index contributed by atoms with van der Waals surface area (Å²) in [5.41, 5.74) is 0. The van der Waals surface area contributed by atoms with Gasteiger partial charge in [-0.05, 0) is 57.8 Å². The van der Waals surface area contributed by atoms with Gasteiger partial charge in [-0.2, -0.15) is 0 Å². The summed E-state index contributed by atoms with van der Waals surface area (Å²) >= 11 is 0. The molecule has 6 nitrogen and oxygen atoms in total. The van der Waals surface area contributed by atoms with Crippen LogP contribution in [-0.4, -0.2) is 37.2 Å². The Hall–Kier alpha value is -2.63. The number of hydrogen-bond donors (Lipinski definition) is 0. The Labute approximate surface area is 498 Å². The van der Waals surface area contributed by atoms with Crippen molar-refractivity contribution in [3.63, 3.8) is 0 Å². The van der Waals surface area contributed by atoms with Gasteiger partial charge in [-0.15, -0.1) is 0 Å². The highest BCUT2D eigenvalue weighted by molar-refractivity contribution is 5.71. The van der Waals surface area contributed by atoms with Gasteiger partial charge in [0.05, 0.1) is 0 Å². The van der Waals surface area contributed by atoms with Gasteiger partial charge in [0, 0.05) is 19.3 Å². The zero-order valence-corrected chi connectivity index (χ0v) is 53.9. The fourth-order valence-corrected chi connectivity index (χ4v) is 10.8. The largest absolute Gasteiger partial charge is 0.462 e. The lowest BCUT2D eigenvalue weighted by molar-refractivity contribution is -0.167. The molecule has 0 saturated heterocycles. The molecule has 0 aromatic heterocycles. The smallest absolute Gasteiger partial charge is 0.306 e. The molecule has 0 aromatic rings. The quantitative estimate of drug-likeness (QED) is 0.0261. The van der Waals surface area contributed by atoms with Crippen molar-refractivity contribution in [3.05, 3.63) is 48.6 Å². The van der Waals surface area contributed by atoms with Crippen LogP contribution < -0.4 is 0 Å². The average molecular weight is 1120 g/mol. The van der Waals surface area contributed by atoms with Crippen molar-refractivity contribution in [2.45, 2.75) is 393 Å². The van der Waals surface area contributed by atoms with Gasteiger partial charge in [-0.3, -0.25) is 14.4 Å². The predicted octanol–water partition coefficient (Wildman–Crippen LogP) is 24.5. The van der Waals surface area contributed by atoms with Crippen LogP contribution in [0.1, 0.15) is 387 Å². The third-order valence-electron chi connectivity index (χ3n) is 16.1. The first-order valence-corrected chi connectivity index (χ1v) is 35.6. The zero-order valence-electron chi connectivity index (χ0n) is 53.9. The van der Waals surface area contributed by atoms with Crippen molar-refractivity contribution < 1.29 is 28.6 Å². The number of rotatable bonds is 66. The van der Waals surface area contributed by atoms with Crippen LogP contribution in [0.15, 0.2) is 48.6 Å². The normalized spacial score (nSPS) is 12.3. The first-order valence-electron chi connectivity index (χ1n) is 35.6. The third-order valence-corrected chi connectivity index (χ3v) is 16.1. The van der Waals surface area contributed by atoms with E-state index in [0.717, 1.165) is 83.5 Å². The minimum Gasteiger partial charge on any atom is -0.462 e. The maximum Gasteiger partial charge on any atom is 0.306 e. The van der Waals surface area contributed by atoms with Gasteiger partial charge in [0.1, 0.15) is 13.2 Å². The maximum absolute atomic E-state index is 12.9. The summed E-state index contributed by atoms with van der Waals surface area (Å²) in [7, 11) is 0. The first-order chi connectivity index (χ1) is 39.5. The Bertz CT molecular complexity index is 1380. The lowest BCUT2D eigenvalue weighted by atomic mass is 10.0. The van der Waals surface area contributed by atoms with Crippen LogP contribution >= 0.6 is 0 Å². The number of allylic oxidation sites excluding steroid dienone is 8. The molecule has 0 amide bonds. The molecule has 0 aliphatic carbocycles. The second kappa shape index (κ2) is 68.9. The SMILES string of the molecule is CC/C=C\C/C=C\C/C=C\C/C=C\CCCCC(=O)OCC(COC(=O)CCCCCCCCCCCCCCCCCCCCCCCCCCCCCC)OC(=O)CCCCCCCCCCCCCCCCCCCCC. The fourth-order valence-electron chi connectivity index (χ4n) is 10.8. The lowest BCUT2D eigenvalue weighted by Gasteiger charge is -2.18. The topological polar surface area (TPSA) is 78.9 Å². The molecule has 80 heavy (non-hydrogen) atoms. The summed E-state index contributed by atoms with van der Waals surface area (Å²) in [6.07, 6.45) is 87.3. The van der Waals surface area contributed by atoms with Gasteiger partial charge in [0.25, 0.3) is 0 Å². The molecule has 0 heterocycles. The van der Waals surface area contributed by atoms with Gasteiger partial charge in [-0.1, -0.05) is 358 Å². The highest BCUT2D eigenvalue weighted by Gasteiger charge is 2.19. The summed E-state index contributed by atoms with van der Waals surface area (Å²) in [6, 6.07) is 0. The number of carbonyl (C=O) groups excluding carboxylic acids is 3. The Kier molecular flexibility index (Phi) is 66.6. The van der Waals surface area contributed by atoms with Crippen molar-refractivity contribution >= 4 is 17.9 Å². The molecule has 0 saturated carbocycles. The van der Waals surface area contributed by atoms with E-state index in [1.54, 1.807) is 0 Å². The van der Waals surface area contributed by atoms with Crippen LogP contribution in [0.2, 0.25) is 0 Å². The Balaban J connectivity index is 4.24. The molecule has 0 fully saturated rings. The molecule has 0 rings (SSSR count). The van der Waals surface area contributed by atoms with Crippen molar-refractivity contribution in [1.82, 2.24) is 0 Å². The average Bonchev–Trinajstić information content (AvgIpc) is 3.46. The molecule has 0 radical (unpaired) electrons. The van der Waals surface area contributed by atoms with Crippen LogP contribution in [0.4, 0.5) is 0 Å². The predicted molar refractivity (Wildman–Crippen MR) is 349 cm³/mol. The van der Waals surface area contributed by atoms with Gasteiger partial charge in [-0.25, -0.2) is 0 Å². The van der Waals surface area contributed by atoms with Crippen LogP contribution in [0.3, 0.4) is 0 Å². The van der Waals surface area contributed by atoms with E-state index >= 15 is 0 Å². The Morgan fingerprint density at radius 2 is 0.487 bits per heavy atom. The molecular formula is C74H136O6. The van der Waals surface area contributed by atoms with Gasteiger partial charge in [0.2, 0.25) is 0 Å². The summed E-state index contributed by atoms with van der Waals surface area (Å²) in [4.78, 5) is 38.4. The first kappa shape index (κ1) is 77.4. The van der Waals surface area contributed by atoms with E-state index in [1.807, 2.05) is 0 Å². The van der Waals surface area contributed by atoms with Crippen molar-refractivity contribution in [3.8, 4) is 0 Å². The van der Waals surface area contributed by atoms with E-state index in [9.17, 15) is 14.4 Å². The molecule has 0 spiro atoms. The van der Waals surface area contributed by atoms with Crippen LogP contribution in [0.25, 0.3) is 0 Å². The second-order valence-electron chi connectivity index (χ2n) is 24.1. The number of hydrogen-bond acceptors (Lipinski definition) is 6. The summed E-state index contributed by atoms with van der Waals surface area (Å²) < 4.78 is 17.0. The summed E-state index contributed by atoms with van der Waals surface area (Å²) in [5.74, 6) is -0.896. The van der Waals surface area contributed by atoms with Gasteiger partial charge >= 0.3 is 17.9 Å². The number of carbonyl (C=O) groups is 3. The van der Waals surface area contributed by atoms with E-state index in [0.29, 0.717) is 19.3 Å². The molecule has 1 atom stereocenters. The lowest BCUT2D eigenvalue weighted by Crippen LogP contribution is -2.30. The third kappa shape index (κ3) is 66.2. The minimum atomic E-state index is -0.788. The Morgan fingerprint density at radius 3 is 0.762 bits per heavy atom. The van der Waals surface area contributed by atoms with E-state index in [-0.39, 0.29) is 31.1 Å². The van der Waals surface area contributed by atoms with Crippen molar-refractivity contribution in [1.29, 1.82) is 0 Å². The molecule has 468 valence electrons. The monoisotopic (exact) mass is 1120 g/mol. The van der Waals surface area contributed by atoms with E-state index < -0.39 is 6.10 Å². The number of ether oxygens (including phenoxy) is 3.